The highest BCUT2D eigenvalue weighted by atomic mass is 19.4. The molecule has 0 spiro atoms. The lowest BCUT2D eigenvalue weighted by Gasteiger charge is -2.01. The van der Waals surface area contributed by atoms with Gasteiger partial charge in [0.15, 0.2) is 0 Å². The van der Waals surface area contributed by atoms with E-state index in [0.717, 1.165) is 18.0 Å². The Labute approximate surface area is 113 Å². The van der Waals surface area contributed by atoms with E-state index in [1.54, 1.807) is 6.08 Å². The molecule has 1 heterocycles. The summed E-state index contributed by atoms with van der Waals surface area (Å²) in [4.78, 5) is 11.0. The van der Waals surface area contributed by atoms with E-state index in [9.17, 15) is 18.0 Å². The van der Waals surface area contributed by atoms with Crippen LogP contribution in [-0.4, -0.2) is 21.7 Å². The normalized spacial score (nSPS) is 11.9. The van der Waals surface area contributed by atoms with E-state index in [1.807, 2.05) is 36.4 Å². The highest BCUT2D eigenvalue weighted by molar-refractivity contribution is 5.99. The Morgan fingerprint density at radius 3 is 2.60 bits per heavy atom. The zero-order valence-corrected chi connectivity index (χ0v) is 10.3. The molecule has 104 valence electrons. The molecule has 0 bridgehead atoms. The van der Waals surface area contributed by atoms with Gasteiger partial charge in [0.2, 0.25) is 0 Å². The van der Waals surface area contributed by atoms with Crippen molar-refractivity contribution >= 4 is 11.9 Å². The molecule has 0 unspecified atom stereocenters. The molecule has 0 aliphatic rings. The number of rotatable bonds is 4. The Hall–Kier alpha value is -2.37. The number of carbonyl (C=O) groups excluding carboxylic acids is 1. The van der Waals surface area contributed by atoms with Crippen molar-refractivity contribution in [1.82, 2.24) is 9.78 Å². The Kier molecular flexibility index (Phi) is 4.02. The molecule has 0 N–H and O–H groups in total. The number of nitrogens with zero attached hydrogens (tertiary/aromatic N) is 2. The molecule has 6 heteroatoms. The molecular weight excluding hydrogens is 269 g/mol. The van der Waals surface area contributed by atoms with Crippen molar-refractivity contribution < 1.29 is 18.0 Å². The lowest BCUT2D eigenvalue weighted by atomic mass is 10.2. The molecule has 2 rings (SSSR count). The van der Waals surface area contributed by atoms with Crippen LogP contribution in [0, 0.1) is 0 Å². The molecule has 1 aromatic carbocycles. The Bertz CT molecular complexity index is 615. The van der Waals surface area contributed by atoms with Crippen molar-refractivity contribution in [2.24, 2.45) is 0 Å². The Morgan fingerprint density at radius 1 is 1.25 bits per heavy atom. The van der Waals surface area contributed by atoms with E-state index < -0.39 is 17.5 Å². The number of benzene rings is 1. The number of alkyl halides is 3. The van der Waals surface area contributed by atoms with Crippen molar-refractivity contribution in [3.8, 4) is 0 Å². The lowest BCUT2D eigenvalue weighted by molar-refractivity contribution is -0.0885. The second-order valence-electron chi connectivity index (χ2n) is 4.09. The highest BCUT2D eigenvalue weighted by Crippen LogP contribution is 2.20. The van der Waals surface area contributed by atoms with Crippen molar-refractivity contribution in [1.29, 1.82) is 0 Å². The van der Waals surface area contributed by atoms with Gasteiger partial charge in [-0.05, 0) is 5.56 Å². The summed E-state index contributed by atoms with van der Waals surface area (Å²) in [6, 6.07) is 9.46. The summed E-state index contributed by atoms with van der Waals surface area (Å²) in [5.74, 6) is -1.88. The highest BCUT2D eigenvalue weighted by Gasteiger charge is 2.39. The topological polar surface area (TPSA) is 34.9 Å². The fourth-order valence-corrected chi connectivity index (χ4v) is 1.61. The van der Waals surface area contributed by atoms with Gasteiger partial charge >= 0.3 is 6.18 Å². The number of ketones is 1. The maximum atomic E-state index is 12.2. The van der Waals surface area contributed by atoms with Gasteiger partial charge in [-0.1, -0.05) is 42.5 Å². The first kappa shape index (κ1) is 14.0. The average Bonchev–Trinajstić information content (AvgIpc) is 2.87. The second-order valence-corrected chi connectivity index (χ2v) is 4.09. The zero-order valence-electron chi connectivity index (χ0n) is 10.3. The summed E-state index contributed by atoms with van der Waals surface area (Å²) < 4.78 is 37.9. The van der Waals surface area contributed by atoms with Gasteiger partial charge in [0.1, 0.15) is 0 Å². The number of hydrogen-bond donors (Lipinski definition) is 0. The van der Waals surface area contributed by atoms with Crippen LogP contribution in [0.3, 0.4) is 0 Å². The fraction of sp³-hybridized carbons (Fsp3) is 0.143. The molecule has 0 atom stereocenters. The van der Waals surface area contributed by atoms with E-state index in [4.69, 9.17) is 0 Å². The van der Waals surface area contributed by atoms with Gasteiger partial charge in [0.25, 0.3) is 5.78 Å². The largest absolute Gasteiger partial charge is 0.454 e. The maximum absolute atomic E-state index is 12.2. The first-order valence-corrected chi connectivity index (χ1v) is 5.82. The summed E-state index contributed by atoms with van der Waals surface area (Å²) in [6.07, 6.45) is 0.724. The molecule has 2 aromatic rings. The standard InChI is InChI=1S/C14H11F3N2O/c15-14(16,17)13(20)12-9-18-19(10-12)8-4-7-11-5-2-1-3-6-11/h1-7,9-10H,8H2/b7-4+. The lowest BCUT2D eigenvalue weighted by Crippen LogP contribution is -2.22. The van der Waals surface area contributed by atoms with Crippen LogP contribution in [0.1, 0.15) is 15.9 Å². The molecule has 0 saturated carbocycles. The van der Waals surface area contributed by atoms with E-state index in [2.05, 4.69) is 5.10 Å². The van der Waals surface area contributed by atoms with E-state index in [1.165, 1.54) is 4.68 Å². The number of halogens is 3. The monoisotopic (exact) mass is 280 g/mol. The van der Waals surface area contributed by atoms with Crippen molar-refractivity contribution in [2.75, 3.05) is 0 Å². The molecule has 0 saturated heterocycles. The van der Waals surface area contributed by atoms with E-state index in [0.29, 0.717) is 6.54 Å². The Balaban J connectivity index is 2.00. The van der Waals surface area contributed by atoms with Crippen LogP contribution in [0.25, 0.3) is 6.08 Å². The van der Waals surface area contributed by atoms with Crippen LogP contribution in [0.2, 0.25) is 0 Å². The summed E-state index contributed by atoms with van der Waals surface area (Å²) in [5.41, 5.74) is 0.525. The third-order valence-electron chi connectivity index (χ3n) is 2.56. The number of allylic oxidation sites excluding steroid dienone is 1. The van der Waals surface area contributed by atoms with Crippen molar-refractivity contribution in [3.05, 3.63) is 59.9 Å². The average molecular weight is 280 g/mol. The van der Waals surface area contributed by atoms with Gasteiger partial charge in [0, 0.05) is 6.20 Å². The van der Waals surface area contributed by atoms with E-state index >= 15 is 0 Å². The molecule has 0 aliphatic carbocycles. The molecule has 0 amide bonds. The van der Waals surface area contributed by atoms with Gasteiger partial charge in [-0.25, -0.2) is 0 Å². The quantitative estimate of drug-likeness (QED) is 0.805. The molecular formula is C14H11F3N2O. The SMILES string of the molecule is O=C(c1cnn(C/C=C/c2ccccc2)c1)C(F)(F)F. The first-order chi connectivity index (χ1) is 9.47. The maximum Gasteiger partial charge on any atom is 0.454 e. The molecule has 3 nitrogen and oxygen atoms in total. The van der Waals surface area contributed by atoms with Crippen LogP contribution in [0.5, 0.6) is 0 Å². The molecule has 0 radical (unpaired) electrons. The first-order valence-electron chi connectivity index (χ1n) is 5.82. The predicted molar refractivity (Wildman–Crippen MR) is 68.1 cm³/mol. The Morgan fingerprint density at radius 2 is 1.95 bits per heavy atom. The van der Waals surface area contributed by atoms with Gasteiger partial charge in [0.05, 0.1) is 18.3 Å². The predicted octanol–water partition coefficient (Wildman–Crippen LogP) is 3.34. The molecule has 20 heavy (non-hydrogen) atoms. The minimum atomic E-state index is -4.87. The van der Waals surface area contributed by atoms with Crippen LogP contribution in [0.4, 0.5) is 13.2 Å². The van der Waals surface area contributed by atoms with Gasteiger partial charge in [-0.15, -0.1) is 0 Å². The summed E-state index contributed by atoms with van der Waals surface area (Å²) in [7, 11) is 0. The van der Waals surface area contributed by atoms with Crippen molar-refractivity contribution in [3.63, 3.8) is 0 Å². The summed E-state index contributed by atoms with van der Waals surface area (Å²) in [6.45, 7) is 0.292. The third-order valence-corrected chi connectivity index (χ3v) is 2.56. The minimum Gasteiger partial charge on any atom is -0.284 e. The van der Waals surface area contributed by atoms with Gasteiger partial charge < -0.3 is 0 Å². The number of hydrogen-bond acceptors (Lipinski definition) is 2. The smallest absolute Gasteiger partial charge is 0.284 e. The van der Waals surface area contributed by atoms with Crippen LogP contribution < -0.4 is 0 Å². The molecule has 0 fully saturated rings. The fourth-order valence-electron chi connectivity index (χ4n) is 1.61. The second kappa shape index (κ2) is 5.73. The number of aromatic nitrogens is 2. The van der Waals surface area contributed by atoms with Gasteiger partial charge in [-0.3, -0.25) is 9.48 Å². The van der Waals surface area contributed by atoms with Gasteiger partial charge in [-0.2, -0.15) is 18.3 Å². The number of Topliss-reactive ketones (excluding diaryl/α,β-unsaturated/α-hetero) is 1. The minimum absolute atomic E-state index is 0.292. The zero-order chi connectivity index (χ0) is 14.6. The van der Waals surface area contributed by atoms with Crippen molar-refractivity contribution in [2.45, 2.75) is 12.7 Å². The number of carbonyl (C=O) groups is 1. The van der Waals surface area contributed by atoms with Crippen LogP contribution in [0.15, 0.2) is 48.8 Å². The van der Waals surface area contributed by atoms with Crippen LogP contribution >= 0.6 is 0 Å². The third kappa shape index (κ3) is 3.57. The van der Waals surface area contributed by atoms with Crippen LogP contribution in [-0.2, 0) is 6.54 Å². The van der Waals surface area contributed by atoms with E-state index in [-0.39, 0.29) is 0 Å². The summed E-state index contributed by atoms with van der Waals surface area (Å²) in [5, 5.41) is 3.73. The summed E-state index contributed by atoms with van der Waals surface area (Å²) >= 11 is 0. The molecule has 1 aromatic heterocycles. The molecule has 0 aliphatic heterocycles.